The molecule has 0 aliphatic heterocycles. The number of aliphatic hydroxyl groups excluding tert-OH is 2. The Morgan fingerprint density at radius 1 is 1.47 bits per heavy atom. The van der Waals surface area contributed by atoms with E-state index in [0.717, 1.165) is 0 Å². The first kappa shape index (κ1) is 12.9. The molecule has 0 unspecified atom stereocenters. The van der Waals surface area contributed by atoms with E-state index in [0.29, 0.717) is 0 Å². The van der Waals surface area contributed by atoms with Gasteiger partial charge in [0.15, 0.2) is 0 Å². The molecule has 0 aliphatic rings. The number of rotatable bonds is 5. The van der Waals surface area contributed by atoms with Crippen LogP contribution < -0.4 is 5.32 Å². The number of nitro groups is 1. The number of hydrogen-bond donors (Lipinski definition) is 3. The molecule has 0 saturated heterocycles. The van der Waals surface area contributed by atoms with Crippen LogP contribution in [-0.4, -0.2) is 34.4 Å². The molecule has 0 heterocycles. The summed E-state index contributed by atoms with van der Waals surface area (Å²) in [4.78, 5) is 10.2. The van der Waals surface area contributed by atoms with E-state index in [1.54, 1.807) is 6.07 Å². The lowest BCUT2D eigenvalue weighted by atomic mass is 10.1. The molecule has 17 heavy (non-hydrogen) atoms. The van der Waals surface area contributed by atoms with Gasteiger partial charge < -0.3 is 15.5 Å². The van der Waals surface area contributed by atoms with Crippen LogP contribution in [0.1, 0.15) is 5.56 Å². The predicted octanol–water partition coefficient (Wildman–Crippen LogP) is 0.232. The van der Waals surface area contributed by atoms with Gasteiger partial charge >= 0.3 is 5.69 Å². The molecule has 1 aromatic carbocycles. The lowest BCUT2D eigenvalue weighted by molar-refractivity contribution is -0.384. The zero-order valence-electron chi connectivity index (χ0n) is 8.83. The predicted molar refractivity (Wildman–Crippen MR) is 59.4 cm³/mol. The normalized spacial score (nSPS) is 10.0. The van der Waals surface area contributed by atoms with Crippen molar-refractivity contribution in [2.24, 2.45) is 0 Å². The lowest BCUT2D eigenvalue weighted by Gasteiger charge is -2.14. The zero-order valence-corrected chi connectivity index (χ0v) is 8.83. The van der Waals surface area contributed by atoms with Gasteiger partial charge in [-0.2, -0.15) is 5.26 Å². The fourth-order valence-electron chi connectivity index (χ4n) is 1.32. The van der Waals surface area contributed by atoms with Crippen molar-refractivity contribution in [2.45, 2.75) is 6.04 Å². The number of nitriles is 1. The third-order valence-electron chi connectivity index (χ3n) is 2.14. The largest absolute Gasteiger partial charge is 0.394 e. The molecular weight excluding hydrogens is 226 g/mol. The Morgan fingerprint density at radius 3 is 2.59 bits per heavy atom. The first-order valence-corrected chi connectivity index (χ1v) is 4.79. The molecule has 1 rings (SSSR count). The maximum Gasteiger partial charge on any atom is 0.309 e. The molecular formula is C10H11N3O4. The number of nitrogens with zero attached hydrogens (tertiary/aromatic N) is 2. The maximum absolute atomic E-state index is 10.8. The molecule has 0 bridgehead atoms. The second-order valence-electron chi connectivity index (χ2n) is 3.28. The topological polar surface area (TPSA) is 119 Å². The Labute approximate surface area is 97.1 Å². The third-order valence-corrected chi connectivity index (χ3v) is 2.14. The maximum atomic E-state index is 10.8. The average Bonchev–Trinajstić information content (AvgIpc) is 2.34. The van der Waals surface area contributed by atoms with E-state index < -0.39 is 11.0 Å². The van der Waals surface area contributed by atoms with Crippen LogP contribution in [0.4, 0.5) is 11.4 Å². The molecule has 0 spiro atoms. The second kappa shape index (κ2) is 5.79. The van der Waals surface area contributed by atoms with Crippen LogP contribution in [0.3, 0.4) is 0 Å². The number of nitro benzene ring substituents is 1. The summed E-state index contributed by atoms with van der Waals surface area (Å²) in [7, 11) is 0. The Hall–Kier alpha value is -2.17. The fourth-order valence-corrected chi connectivity index (χ4v) is 1.32. The summed E-state index contributed by atoms with van der Waals surface area (Å²) in [5.74, 6) is 0. The smallest absolute Gasteiger partial charge is 0.309 e. The van der Waals surface area contributed by atoms with Crippen LogP contribution in [0.5, 0.6) is 0 Å². The molecule has 0 atom stereocenters. The molecule has 3 N–H and O–H groups in total. The zero-order chi connectivity index (χ0) is 12.8. The summed E-state index contributed by atoms with van der Waals surface area (Å²) >= 11 is 0. The van der Waals surface area contributed by atoms with Gasteiger partial charge in [0, 0.05) is 0 Å². The SMILES string of the molecule is N#Cc1cccc(NC(CO)CO)c1[N+](=O)[O-]. The molecule has 7 nitrogen and oxygen atoms in total. The van der Waals surface area contributed by atoms with E-state index in [1.807, 2.05) is 0 Å². The van der Waals surface area contributed by atoms with Crippen molar-refractivity contribution in [1.82, 2.24) is 0 Å². The summed E-state index contributed by atoms with van der Waals surface area (Å²) in [5.41, 5.74) is -0.335. The van der Waals surface area contributed by atoms with Gasteiger partial charge in [-0.3, -0.25) is 10.1 Å². The van der Waals surface area contributed by atoms with Crippen molar-refractivity contribution in [3.05, 3.63) is 33.9 Å². The molecule has 90 valence electrons. The molecule has 0 aliphatic carbocycles. The van der Waals surface area contributed by atoms with Crippen molar-refractivity contribution in [2.75, 3.05) is 18.5 Å². The van der Waals surface area contributed by atoms with E-state index in [1.165, 1.54) is 18.2 Å². The molecule has 7 heteroatoms. The quantitative estimate of drug-likeness (QED) is 0.498. The van der Waals surface area contributed by atoms with Gasteiger partial charge in [0.2, 0.25) is 0 Å². The van der Waals surface area contributed by atoms with E-state index in [2.05, 4.69) is 5.32 Å². The third kappa shape index (κ3) is 2.90. The Morgan fingerprint density at radius 2 is 2.12 bits per heavy atom. The van der Waals surface area contributed by atoms with Gasteiger partial charge in [0.1, 0.15) is 17.3 Å². The number of aliphatic hydroxyl groups is 2. The second-order valence-corrected chi connectivity index (χ2v) is 3.28. The van der Waals surface area contributed by atoms with Gasteiger partial charge in [0.05, 0.1) is 24.2 Å². The number of benzene rings is 1. The number of anilines is 1. The molecule has 0 fully saturated rings. The summed E-state index contributed by atoms with van der Waals surface area (Å²) in [5, 5.41) is 40.0. The monoisotopic (exact) mass is 237 g/mol. The molecule has 1 aromatic rings. The molecule has 0 saturated carbocycles. The van der Waals surface area contributed by atoms with Crippen LogP contribution in [0.25, 0.3) is 0 Å². The first-order valence-electron chi connectivity index (χ1n) is 4.79. The van der Waals surface area contributed by atoms with E-state index in [4.69, 9.17) is 15.5 Å². The van der Waals surface area contributed by atoms with Crippen LogP contribution >= 0.6 is 0 Å². The Bertz CT molecular complexity index is 451. The van der Waals surface area contributed by atoms with Gasteiger partial charge in [0.25, 0.3) is 0 Å². The van der Waals surface area contributed by atoms with Gasteiger partial charge in [-0.1, -0.05) is 6.07 Å². The first-order chi connectivity index (χ1) is 8.13. The molecule has 0 aromatic heterocycles. The standard InChI is InChI=1S/C10H11N3O4/c11-4-7-2-1-3-9(10(7)13(16)17)12-8(5-14)6-15/h1-3,8,12,14-15H,5-6H2. The molecule has 0 radical (unpaired) electrons. The average molecular weight is 237 g/mol. The lowest BCUT2D eigenvalue weighted by Crippen LogP contribution is -2.28. The van der Waals surface area contributed by atoms with Crippen molar-refractivity contribution in [3.8, 4) is 6.07 Å². The van der Waals surface area contributed by atoms with E-state index in [-0.39, 0.29) is 30.2 Å². The summed E-state index contributed by atoms with van der Waals surface area (Å²) in [6.07, 6.45) is 0. The van der Waals surface area contributed by atoms with Crippen molar-refractivity contribution in [3.63, 3.8) is 0 Å². The molecule has 0 amide bonds. The van der Waals surface area contributed by atoms with Gasteiger partial charge in [-0.25, -0.2) is 0 Å². The highest BCUT2D eigenvalue weighted by Gasteiger charge is 2.21. The van der Waals surface area contributed by atoms with Gasteiger partial charge in [-0.05, 0) is 12.1 Å². The fraction of sp³-hybridized carbons (Fsp3) is 0.300. The van der Waals surface area contributed by atoms with Gasteiger partial charge in [-0.15, -0.1) is 0 Å². The highest BCUT2D eigenvalue weighted by atomic mass is 16.6. The summed E-state index contributed by atoms with van der Waals surface area (Å²) in [6.45, 7) is -0.741. The van der Waals surface area contributed by atoms with Crippen molar-refractivity contribution < 1.29 is 15.1 Å². The number of nitrogens with one attached hydrogen (secondary N) is 1. The highest BCUT2D eigenvalue weighted by Crippen LogP contribution is 2.28. The van der Waals surface area contributed by atoms with E-state index in [9.17, 15) is 10.1 Å². The van der Waals surface area contributed by atoms with Crippen LogP contribution in [-0.2, 0) is 0 Å². The highest BCUT2D eigenvalue weighted by molar-refractivity contribution is 5.68. The van der Waals surface area contributed by atoms with Crippen LogP contribution in [0.2, 0.25) is 0 Å². The van der Waals surface area contributed by atoms with Crippen LogP contribution in [0.15, 0.2) is 18.2 Å². The number of hydrogen-bond acceptors (Lipinski definition) is 6. The number of para-hydroxylation sites is 1. The van der Waals surface area contributed by atoms with Crippen molar-refractivity contribution in [1.29, 1.82) is 5.26 Å². The summed E-state index contributed by atoms with van der Waals surface area (Å²) < 4.78 is 0. The summed E-state index contributed by atoms with van der Waals surface area (Å²) in [6, 6.07) is 5.24. The minimum atomic E-state index is -0.706. The Kier molecular flexibility index (Phi) is 4.39. The van der Waals surface area contributed by atoms with Crippen LogP contribution in [0, 0.1) is 21.4 Å². The minimum absolute atomic E-state index is 0.0744. The van der Waals surface area contributed by atoms with Crippen molar-refractivity contribution >= 4 is 11.4 Å². The minimum Gasteiger partial charge on any atom is -0.394 e. The van der Waals surface area contributed by atoms with E-state index >= 15 is 0 Å². The Balaban J connectivity index is 3.15.